The number of benzene rings is 1. The SMILES string of the molecule is CN(C)C1C(O)=C(C(N)=O)C(=O)C2C(=O)C3=C(O)c4c(O)ccc(C5=CCNCC5)c4CC3CC21. The van der Waals surface area contributed by atoms with Crippen LogP contribution in [0.5, 0.6) is 5.75 Å². The van der Waals surface area contributed by atoms with E-state index in [-0.39, 0.29) is 22.6 Å². The fourth-order valence-corrected chi connectivity index (χ4v) is 6.43. The number of phenolic OH excluding ortho intramolecular Hbond substituents is 1. The first kappa shape index (κ1) is 23.3. The topological polar surface area (TPSA) is 153 Å². The zero-order valence-electron chi connectivity index (χ0n) is 19.7. The Bertz CT molecular complexity index is 1260. The Morgan fingerprint density at radius 2 is 1.89 bits per heavy atom. The van der Waals surface area contributed by atoms with E-state index in [9.17, 15) is 29.7 Å². The van der Waals surface area contributed by atoms with Gasteiger partial charge in [0, 0.05) is 12.1 Å². The number of nitrogens with two attached hydrogens (primary N) is 1. The van der Waals surface area contributed by atoms with Crippen molar-refractivity contribution in [1.29, 1.82) is 0 Å². The lowest BCUT2D eigenvalue weighted by atomic mass is 9.59. The summed E-state index contributed by atoms with van der Waals surface area (Å²) >= 11 is 0. The van der Waals surface area contributed by atoms with E-state index in [0.717, 1.165) is 36.2 Å². The maximum absolute atomic E-state index is 13.8. The summed E-state index contributed by atoms with van der Waals surface area (Å²) in [4.78, 5) is 40.7. The number of rotatable bonds is 3. The van der Waals surface area contributed by atoms with Crippen molar-refractivity contribution in [2.24, 2.45) is 23.5 Å². The first-order valence-electron chi connectivity index (χ1n) is 11.8. The second kappa shape index (κ2) is 8.35. The minimum atomic E-state index is -1.24. The lowest BCUT2D eigenvalue weighted by Gasteiger charge is -2.46. The number of carbonyl (C=O) groups is 3. The number of Topliss-reactive ketones (excluding diaryl/α,β-unsaturated/α-hetero) is 2. The summed E-state index contributed by atoms with van der Waals surface area (Å²) in [6.07, 6.45) is 3.63. The van der Waals surface area contributed by atoms with Crippen molar-refractivity contribution in [2.75, 3.05) is 27.2 Å². The maximum Gasteiger partial charge on any atom is 0.255 e. The highest BCUT2D eigenvalue weighted by Gasteiger charge is 2.55. The third kappa shape index (κ3) is 3.41. The highest BCUT2D eigenvalue weighted by molar-refractivity contribution is 6.28. The van der Waals surface area contributed by atoms with Gasteiger partial charge in [-0.1, -0.05) is 12.1 Å². The molecule has 9 heteroatoms. The van der Waals surface area contributed by atoms with Crippen LogP contribution in [0, 0.1) is 17.8 Å². The van der Waals surface area contributed by atoms with Crippen molar-refractivity contribution in [2.45, 2.75) is 25.3 Å². The zero-order valence-corrected chi connectivity index (χ0v) is 19.7. The lowest BCUT2D eigenvalue weighted by Crippen LogP contribution is -2.55. The first-order chi connectivity index (χ1) is 16.6. The Morgan fingerprint density at radius 3 is 2.51 bits per heavy atom. The Morgan fingerprint density at radius 1 is 1.14 bits per heavy atom. The summed E-state index contributed by atoms with van der Waals surface area (Å²) in [6, 6.07) is 2.62. The highest BCUT2D eigenvalue weighted by Crippen LogP contribution is 2.51. The molecule has 0 saturated heterocycles. The molecule has 1 saturated carbocycles. The molecule has 0 radical (unpaired) electrons. The number of hydrogen-bond donors (Lipinski definition) is 5. The second-order valence-corrected chi connectivity index (χ2v) is 9.97. The van der Waals surface area contributed by atoms with Gasteiger partial charge in [-0.25, -0.2) is 0 Å². The molecular weight excluding hydrogens is 450 g/mol. The molecule has 0 bridgehead atoms. The summed E-state index contributed by atoms with van der Waals surface area (Å²) < 4.78 is 0. The van der Waals surface area contributed by atoms with Crippen LogP contribution in [0.2, 0.25) is 0 Å². The molecule has 6 N–H and O–H groups in total. The van der Waals surface area contributed by atoms with Crippen molar-refractivity contribution < 1.29 is 29.7 Å². The van der Waals surface area contributed by atoms with E-state index in [2.05, 4.69) is 11.4 Å². The molecule has 35 heavy (non-hydrogen) atoms. The molecule has 1 aromatic carbocycles. The number of phenols is 1. The largest absolute Gasteiger partial charge is 0.510 e. The number of nitrogens with zero attached hydrogens (tertiary/aromatic N) is 1. The van der Waals surface area contributed by atoms with E-state index < -0.39 is 52.6 Å². The quantitative estimate of drug-likeness (QED) is 0.320. The average Bonchev–Trinajstić information content (AvgIpc) is 2.78. The predicted molar refractivity (Wildman–Crippen MR) is 128 cm³/mol. The first-order valence-corrected chi connectivity index (χ1v) is 11.8. The van der Waals surface area contributed by atoms with Gasteiger partial charge in [-0.15, -0.1) is 0 Å². The van der Waals surface area contributed by atoms with Gasteiger partial charge in [0.2, 0.25) is 0 Å². The number of ketones is 2. The molecule has 0 aromatic heterocycles. The van der Waals surface area contributed by atoms with Crippen molar-refractivity contribution in [3.05, 3.63) is 51.8 Å². The van der Waals surface area contributed by atoms with Crippen molar-refractivity contribution >= 4 is 28.8 Å². The van der Waals surface area contributed by atoms with Crippen LogP contribution in [0.15, 0.2) is 35.1 Å². The number of amides is 1. The molecule has 5 rings (SSSR count). The molecule has 9 nitrogen and oxygen atoms in total. The Labute approximate surface area is 202 Å². The summed E-state index contributed by atoms with van der Waals surface area (Å²) in [7, 11) is 3.41. The maximum atomic E-state index is 13.8. The van der Waals surface area contributed by atoms with Crippen LogP contribution in [0.4, 0.5) is 0 Å². The number of allylic oxidation sites excluding steroid dienone is 1. The molecule has 1 fully saturated rings. The Balaban J connectivity index is 1.66. The van der Waals surface area contributed by atoms with Crippen LogP contribution in [0.3, 0.4) is 0 Å². The van der Waals surface area contributed by atoms with E-state index >= 15 is 0 Å². The van der Waals surface area contributed by atoms with E-state index in [4.69, 9.17) is 5.73 Å². The van der Waals surface area contributed by atoms with Crippen molar-refractivity contribution in [1.82, 2.24) is 10.2 Å². The number of aliphatic hydroxyl groups excluding tert-OH is 2. The van der Waals surface area contributed by atoms with E-state index in [0.29, 0.717) is 12.8 Å². The second-order valence-electron chi connectivity index (χ2n) is 9.97. The Kier molecular flexibility index (Phi) is 5.56. The van der Waals surface area contributed by atoms with Crippen molar-refractivity contribution in [3.8, 4) is 5.75 Å². The van der Waals surface area contributed by atoms with Crippen LogP contribution in [0.25, 0.3) is 11.3 Å². The molecular formula is C26H29N3O6. The third-order valence-corrected chi connectivity index (χ3v) is 7.86. The molecule has 184 valence electrons. The number of carbonyl (C=O) groups excluding carboxylic acids is 3. The minimum absolute atomic E-state index is 0.0987. The minimum Gasteiger partial charge on any atom is -0.510 e. The molecule has 4 atom stereocenters. The van der Waals surface area contributed by atoms with Gasteiger partial charge in [-0.2, -0.15) is 0 Å². The van der Waals surface area contributed by atoms with Crippen LogP contribution < -0.4 is 11.1 Å². The lowest BCUT2D eigenvalue weighted by molar-refractivity contribution is -0.136. The third-order valence-electron chi connectivity index (χ3n) is 7.86. The van der Waals surface area contributed by atoms with E-state index in [1.807, 2.05) is 6.07 Å². The number of primary amides is 1. The Hall–Kier alpha value is -3.43. The number of fused-ring (bicyclic) bond motifs is 3. The van der Waals surface area contributed by atoms with Crippen LogP contribution in [-0.2, 0) is 20.8 Å². The van der Waals surface area contributed by atoms with Crippen LogP contribution in [0.1, 0.15) is 29.5 Å². The molecule has 4 aliphatic rings. The molecule has 1 amide bonds. The number of nitrogens with one attached hydrogen (secondary N) is 1. The van der Waals surface area contributed by atoms with Crippen LogP contribution in [-0.4, -0.2) is 70.9 Å². The van der Waals surface area contributed by atoms with Gasteiger partial charge >= 0.3 is 0 Å². The fraction of sp³-hybridized carbons (Fsp3) is 0.423. The van der Waals surface area contributed by atoms with Gasteiger partial charge in [0.25, 0.3) is 5.91 Å². The van der Waals surface area contributed by atoms with Gasteiger partial charge in [-0.3, -0.25) is 19.3 Å². The number of aromatic hydroxyl groups is 1. The summed E-state index contributed by atoms with van der Waals surface area (Å²) in [5.74, 6) is -5.57. The standard InChI is InChI=1S/C26H29N3O6/c1-29(2)21-15-10-12-9-14-13(11-5-7-28-8-6-11)3-4-16(30)18(14)22(31)17(12)23(32)19(15)24(33)20(25(21)34)26(27)35/h3-5,12,15,19,21,28,30-31,34H,6-10H2,1-2H3,(H2,27,35). The number of likely N-dealkylation sites (N-methyl/N-ethyl adjacent to an activating group) is 1. The highest BCUT2D eigenvalue weighted by atomic mass is 16.3. The average molecular weight is 480 g/mol. The number of hydrogen-bond acceptors (Lipinski definition) is 8. The van der Waals surface area contributed by atoms with Crippen LogP contribution >= 0.6 is 0 Å². The summed E-state index contributed by atoms with van der Waals surface area (Å²) in [5.41, 5.74) is 7.98. The fourth-order valence-electron chi connectivity index (χ4n) is 6.43. The predicted octanol–water partition coefficient (Wildman–Crippen LogP) is 1.23. The molecule has 0 spiro atoms. The summed E-state index contributed by atoms with van der Waals surface area (Å²) in [5, 5.41) is 36.1. The van der Waals surface area contributed by atoms with E-state index in [1.165, 1.54) is 6.07 Å². The molecule has 3 aliphatic carbocycles. The van der Waals surface area contributed by atoms with Gasteiger partial charge in [0.15, 0.2) is 11.6 Å². The summed E-state index contributed by atoms with van der Waals surface area (Å²) in [6.45, 7) is 1.55. The molecule has 1 aromatic rings. The molecule has 1 aliphatic heterocycles. The van der Waals surface area contributed by atoms with Gasteiger partial charge in [0.05, 0.1) is 17.5 Å². The molecule has 1 heterocycles. The monoisotopic (exact) mass is 479 g/mol. The van der Waals surface area contributed by atoms with Gasteiger partial charge < -0.3 is 26.4 Å². The zero-order chi connectivity index (χ0) is 25.2. The van der Waals surface area contributed by atoms with E-state index in [1.54, 1.807) is 19.0 Å². The molecule has 4 unspecified atom stereocenters. The van der Waals surface area contributed by atoms with Gasteiger partial charge in [-0.05, 0) is 74.5 Å². The smallest absolute Gasteiger partial charge is 0.255 e. The van der Waals surface area contributed by atoms with Crippen molar-refractivity contribution in [3.63, 3.8) is 0 Å². The normalized spacial score (nSPS) is 28.5. The van der Waals surface area contributed by atoms with Gasteiger partial charge in [0.1, 0.15) is 22.8 Å². The number of aliphatic hydroxyl groups is 2.